The third-order valence-corrected chi connectivity index (χ3v) is 4.73. The molecule has 0 saturated heterocycles. The van der Waals surface area contributed by atoms with Gasteiger partial charge in [-0.1, -0.05) is 44.2 Å². The van der Waals surface area contributed by atoms with Crippen molar-refractivity contribution in [1.82, 2.24) is 10.6 Å². The van der Waals surface area contributed by atoms with E-state index in [0.29, 0.717) is 6.42 Å². The number of ketones is 1. The minimum absolute atomic E-state index is 0.0938. The van der Waals surface area contributed by atoms with Gasteiger partial charge in [-0.25, -0.2) is 0 Å². The molecule has 0 heterocycles. The maximum atomic E-state index is 12.7. The number of hydrogen-bond donors (Lipinski definition) is 5. The number of rotatable bonds is 12. The molecule has 0 saturated carbocycles. The van der Waals surface area contributed by atoms with E-state index < -0.39 is 35.9 Å². The van der Waals surface area contributed by atoms with Crippen molar-refractivity contribution in [2.24, 2.45) is 23.3 Å². The van der Waals surface area contributed by atoms with E-state index in [-0.39, 0.29) is 31.2 Å². The Morgan fingerprint density at radius 1 is 1.00 bits per heavy atom. The number of nitrogens with two attached hydrogens (primary N) is 2. The first-order chi connectivity index (χ1) is 13.7. The lowest BCUT2D eigenvalue weighted by Crippen LogP contribution is -2.57. The molecule has 7 N–H and O–H groups in total. The third kappa shape index (κ3) is 7.92. The second-order valence-corrected chi connectivity index (χ2v) is 7.54. The minimum atomic E-state index is -1.20. The van der Waals surface area contributed by atoms with Gasteiger partial charge in [-0.15, -0.1) is 0 Å². The number of hydrogen-bond acceptors (Lipinski definition) is 6. The maximum absolute atomic E-state index is 12.7. The van der Waals surface area contributed by atoms with E-state index in [0.717, 1.165) is 5.56 Å². The Kier molecular flexibility index (Phi) is 10.5. The molecule has 0 aliphatic carbocycles. The van der Waals surface area contributed by atoms with Crippen LogP contribution in [0.4, 0.5) is 0 Å². The smallest absolute Gasteiger partial charge is 0.245 e. The van der Waals surface area contributed by atoms with Crippen LogP contribution in [0.3, 0.4) is 0 Å². The van der Waals surface area contributed by atoms with Crippen LogP contribution < -0.4 is 22.1 Å². The van der Waals surface area contributed by atoms with Crippen molar-refractivity contribution in [2.45, 2.75) is 51.8 Å². The molecule has 162 valence electrons. The minimum Gasteiger partial charge on any atom is -0.391 e. The second kappa shape index (κ2) is 12.3. The van der Waals surface area contributed by atoms with Gasteiger partial charge in [0.25, 0.3) is 0 Å². The van der Waals surface area contributed by atoms with Crippen molar-refractivity contribution in [3.8, 4) is 0 Å². The number of aliphatic hydroxyl groups excluding tert-OH is 1. The Labute approximate surface area is 172 Å². The molecule has 1 aromatic rings. The zero-order chi connectivity index (χ0) is 22.0. The van der Waals surface area contributed by atoms with Gasteiger partial charge >= 0.3 is 0 Å². The van der Waals surface area contributed by atoms with Gasteiger partial charge in [-0.2, -0.15) is 0 Å². The second-order valence-electron chi connectivity index (χ2n) is 7.54. The number of benzene rings is 1. The fraction of sp³-hybridized carbons (Fsp3) is 0.571. The van der Waals surface area contributed by atoms with Crippen molar-refractivity contribution in [2.75, 3.05) is 13.1 Å². The summed E-state index contributed by atoms with van der Waals surface area (Å²) in [4.78, 5) is 37.7. The van der Waals surface area contributed by atoms with Gasteiger partial charge in [0.15, 0.2) is 5.78 Å². The monoisotopic (exact) mass is 406 g/mol. The van der Waals surface area contributed by atoms with Crippen molar-refractivity contribution < 1.29 is 19.5 Å². The molecule has 0 radical (unpaired) electrons. The largest absolute Gasteiger partial charge is 0.391 e. The standard InChI is InChI=1S/C21H34N4O4/c1-13(2)19(27)17(9-10-22)24-21(29)18(14(3)26)25-20(28)16(12-23)11-15-7-5-4-6-8-15/h4-8,13-14,16-18,26H,9-12,22-23H2,1-3H3,(H,24,29)(H,25,28)/t14?,16?,17-,18-/m0/s1. The molecule has 1 rings (SSSR count). The van der Waals surface area contributed by atoms with Crippen LogP contribution in [-0.4, -0.2) is 54.0 Å². The number of aliphatic hydroxyl groups is 1. The highest BCUT2D eigenvalue weighted by molar-refractivity contribution is 5.94. The molecule has 0 fully saturated rings. The van der Waals surface area contributed by atoms with E-state index in [1.807, 2.05) is 30.3 Å². The van der Waals surface area contributed by atoms with Gasteiger partial charge in [-0.3, -0.25) is 14.4 Å². The molecule has 0 aromatic heterocycles. The van der Waals surface area contributed by atoms with E-state index in [1.165, 1.54) is 6.92 Å². The quantitative estimate of drug-likeness (QED) is 0.323. The van der Waals surface area contributed by atoms with Crippen LogP contribution >= 0.6 is 0 Å². The van der Waals surface area contributed by atoms with Crippen LogP contribution in [0, 0.1) is 11.8 Å². The first-order valence-corrected chi connectivity index (χ1v) is 9.97. The topological polar surface area (TPSA) is 148 Å². The molecule has 8 heteroatoms. The predicted molar refractivity (Wildman–Crippen MR) is 112 cm³/mol. The van der Waals surface area contributed by atoms with Gasteiger partial charge in [-0.05, 0) is 31.9 Å². The fourth-order valence-electron chi connectivity index (χ4n) is 2.97. The molecule has 4 atom stereocenters. The molecule has 0 aliphatic rings. The van der Waals surface area contributed by atoms with Crippen LogP contribution in [-0.2, 0) is 20.8 Å². The summed E-state index contributed by atoms with van der Waals surface area (Å²) >= 11 is 0. The molecule has 2 amide bonds. The van der Waals surface area contributed by atoms with Crippen LogP contribution in [0.15, 0.2) is 30.3 Å². The third-order valence-electron chi connectivity index (χ3n) is 4.73. The SMILES string of the molecule is CC(C)C(=O)[C@H](CCN)NC(=O)[C@@H](NC(=O)C(CN)Cc1ccccc1)C(C)O. The molecular formula is C21H34N4O4. The number of nitrogens with one attached hydrogen (secondary N) is 2. The van der Waals surface area contributed by atoms with Crippen molar-refractivity contribution in [3.63, 3.8) is 0 Å². The Balaban J connectivity index is 2.85. The summed E-state index contributed by atoms with van der Waals surface area (Å²) in [6.07, 6.45) is -0.455. The van der Waals surface area contributed by atoms with E-state index in [2.05, 4.69) is 10.6 Å². The van der Waals surface area contributed by atoms with Gasteiger partial charge in [0.1, 0.15) is 6.04 Å². The molecule has 0 spiro atoms. The van der Waals surface area contributed by atoms with Crippen molar-refractivity contribution in [3.05, 3.63) is 35.9 Å². The lowest BCUT2D eigenvalue weighted by atomic mass is 9.97. The Morgan fingerprint density at radius 3 is 2.10 bits per heavy atom. The van der Waals surface area contributed by atoms with Crippen molar-refractivity contribution >= 4 is 17.6 Å². The fourth-order valence-corrected chi connectivity index (χ4v) is 2.97. The van der Waals surface area contributed by atoms with Crippen molar-refractivity contribution in [1.29, 1.82) is 0 Å². The Hall–Kier alpha value is -2.29. The molecule has 0 aliphatic heterocycles. The van der Waals surface area contributed by atoms with E-state index >= 15 is 0 Å². The molecule has 29 heavy (non-hydrogen) atoms. The van der Waals surface area contributed by atoms with Gasteiger partial charge < -0.3 is 27.2 Å². The lowest BCUT2D eigenvalue weighted by molar-refractivity contribution is -0.135. The summed E-state index contributed by atoms with van der Waals surface area (Å²) in [5.41, 5.74) is 12.3. The van der Waals surface area contributed by atoms with E-state index in [1.54, 1.807) is 13.8 Å². The number of amides is 2. The highest BCUT2D eigenvalue weighted by Crippen LogP contribution is 2.10. The summed E-state index contributed by atoms with van der Waals surface area (Å²) in [5.74, 6) is -2.04. The first-order valence-electron chi connectivity index (χ1n) is 9.97. The van der Waals surface area contributed by atoms with Crippen LogP contribution in [0.25, 0.3) is 0 Å². The van der Waals surface area contributed by atoms with Crippen LogP contribution in [0.1, 0.15) is 32.8 Å². The molecule has 2 unspecified atom stereocenters. The molecule has 1 aromatic carbocycles. The van der Waals surface area contributed by atoms with Gasteiger partial charge in [0.2, 0.25) is 11.8 Å². The van der Waals surface area contributed by atoms with Crippen LogP contribution in [0.5, 0.6) is 0 Å². The molecule has 0 bridgehead atoms. The predicted octanol–water partition coefficient (Wildman–Crippen LogP) is -0.272. The first kappa shape index (κ1) is 24.7. The summed E-state index contributed by atoms with van der Waals surface area (Å²) in [6.45, 7) is 5.20. The number of carbonyl (C=O) groups is 3. The van der Waals surface area contributed by atoms with Gasteiger partial charge in [0, 0.05) is 12.5 Å². The number of Topliss-reactive ketones (excluding diaryl/α,β-unsaturated/α-hetero) is 1. The maximum Gasteiger partial charge on any atom is 0.245 e. The highest BCUT2D eigenvalue weighted by atomic mass is 16.3. The average molecular weight is 407 g/mol. The summed E-state index contributed by atoms with van der Waals surface area (Å²) in [7, 11) is 0. The zero-order valence-corrected chi connectivity index (χ0v) is 17.4. The van der Waals surface area contributed by atoms with Crippen LogP contribution in [0.2, 0.25) is 0 Å². The van der Waals surface area contributed by atoms with E-state index in [9.17, 15) is 19.5 Å². The molecule has 8 nitrogen and oxygen atoms in total. The highest BCUT2D eigenvalue weighted by Gasteiger charge is 2.31. The normalized spacial score (nSPS) is 15.3. The summed E-state index contributed by atoms with van der Waals surface area (Å²) in [5, 5.41) is 15.2. The Bertz CT molecular complexity index is 664. The average Bonchev–Trinajstić information content (AvgIpc) is 2.69. The lowest BCUT2D eigenvalue weighted by Gasteiger charge is -2.26. The summed E-state index contributed by atoms with van der Waals surface area (Å²) in [6, 6.07) is 7.44. The zero-order valence-electron chi connectivity index (χ0n) is 17.4. The Morgan fingerprint density at radius 2 is 1.62 bits per heavy atom. The van der Waals surface area contributed by atoms with Gasteiger partial charge in [0.05, 0.1) is 18.1 Å². The molecular weight excluding hydrogens is 372 g/mol. The van der Waals surface area contributed by atoms with E-state index in [4.69, 9.17) is 11.5 Å². The number of carbonyl (C=O) groups excluding carboxylic acids is 3. The summed E-state index contributed by atoms with van der Waals surface area (Å²) < 4.78 is 0.